The molecule has 2 N–H and O–H groups in total. The number of nitrogens with zero attached hydrogens (tertiary/aromatic N) is 1. The Morgan fingerprint density at radius 1 is 1.29 bits per heavy atom. The molecule has 24 heavy (non-hydrogen) atoms. The Morgan fingerprint density at radius 3 is 2.54 bits per heavy atom. The maximum atomic E-state index is 11.1. The van der Waals surface area contributed by atoms with Crippen molar-refractivity contribution in [2.45, 2.75) is 32.4 Å². The minimum absolute atomic E-state index is 0.293. The van der Waals surface area contributed by atoms with Crippen LogP contribution < -0.4 is 0 Å². The van der Waals surface area contributed by atoms with Gasteiger partial charge in [-0.15, -0.1) is 11.3 Å². The van der Waals surface area contributed by atoms with Crippen LogP contribution in [0.15, 0.2) is 36.4 Å². The van der Waals surface area contributed by atoms with Crippen LogP contribution in [0, 0.1) is 12.8 Å². The molecule has 128 valence electrons. The van der Waals surface area contributed by atoms with Crippen molar-refractivity contribution in [1.29, 1.82) is 0 Å². The molecule has 0 radical (unpaired) electrons. The molecule has 3 rings (SSSR count). The first kappa shape index (κ1) is 17.1. The van der Waals surface area contributed by atoms with Crippen LogP contribution in [0.2, 0.25) is 0 Å². The van der Waals surface area contributed by atoms with Gasteiger partial charge in [0.25, 0.3) is 0 Å². The number of benzene rings is 1. The van der Waals surface area contributed by atoms with Crippen LogP contribution in [-0.4, -0.2) is 34.2 Å². The first-order valence-corrected chi connectivity index (χ1v) is 9.14. The fourth-order valence-corrected chi connectivity index (χ4v) is 4.25. The number of aryl methyl sites for hydroxylation is 1. The third-order valence-electron chi connectivity index (χ3n) is 4.85. The summed E-state index contributed by atoms with van der Waals surface area (Å²) < 4.78 is 0. The average molecular weight is 345 g/mol. The Balaban J connectivity index is 1.56. The highest BCUT2D eigenvalue weighted by Gasteiger charge is 2.26. The molecule has 0 bridgehead atoms. The van der Waals surface area contributed by atoms with Crippen molar-refractivity contribution in [3.63, 3.8) is 0 Å². The number of carboxylic acid groups (broad SMARTS) is 1. The summed E-state index contributed by atoms with van der Waals surface area (Å²) in [6.45, 7) is 4.65. The van der Waals surface area contributed by atoms with Crippen molar-refractivity contribution in [2.24, 2.45) is 5.92 Å². The van der Waals surface area contributed by atoms with Gasteiger partial charge < -0.3 is 10.2 Å². The minimum Gasteiger partial charge on any atom is -0.477 e. The van der Waals surface area contributed by atoms with Crippen molar-refractivity contribution in [2.75, 3.05) is 13.1 Å². The summed E-state index contributed by atoms with van der Waals surface area (Å²) in [5.41, 5.74) is 2.11. The molecule has 1 aromatic carbocycles. The largest absolute Gasteiger partial charge is 0.477 e. The number of likely N-dealkylation sites (tertiary alicyclic amines) is 1. The molecule has 1 aliphatic rings. The summed E-state index contributed by atoms with van der Waals surface area (Å²) in [7, 11) is 0. The van der Waals surface area contributed by atoms with Crippen molar-refractivity contribution in [3.05, 3.63) is 57.3 Å². The van der Waals surface area contributed by atoms with Gasteiger partial charge in [-0.05, 0) is 56.0 Å². The molecule has 0 aliphatic carbocycles. The molecule has 1 aliphatic heterocycles. The number of aliphatic hydroxyl groups is 1. The smallest absolute Gasteiger partial charge is 0.345 e. The number of aromatic carboxylic acids is 1. The second-order valence-electron chi connectivity index (χ2n) is 6.47. The summed E-state index contributed by atoms with van der Waals surface area (Å²) in [5, 5.41) is 19.6. The highest BCUT2D eigenvalue weighted by molar-refractivity contribution is 7.14. The number of hydrogen-bond acceptors (Lipinski definition) is 4. The Hall–Kier alpha value is -1.69. The van der Waals surface area contributed by atoms with E-state index < -0.39 is 12.1 Å². The van der Waals surface area contributed by atoms with Gasteiger partial charge in [0.15, 0.2) is 0 Å². The van der Waals surface area contributed by atoms with Crippen molar-refractivity contribution >= 4 is 17.3 Å². The fraction of sp³-hybridized carbons (Fsp3) is 0.421. The molecule has 1 unspecified atom stereocenters. The second kappa shape index (κ2) is 7.47. The summed E-state index contributed by atoms with van der Waals surface area (Å²) in [6, 6.07) is 11.7. The quantitative estimate of drug-likeness (QED) is 0.867. The average Bonchev–Trinajstić information content (AvgIpc) is 2.97. The third kappa shape index (κ3) is 3.86. The number of rotatable bonds is 5. The van der Waals surface area contributed by atoms with Crippen LogP contribution in [-0.2, 0) is 6.54 Å². The summed E-state index contributed by atoms with van der Waals surface area (Å²) in [4.78, 5) is 14.9. The Labute approximate surface area is 146 Å². The van der Waals surface area contributed by atoms with E-state index in [0.29, 0.717) is 10.8 Å². The number of aliphatic hydroxyl groups excluding tert-OH is 1. The van der Waals surface area contributed by atoms with Crippen LogP contribution in [0.3, 0.4) is 0 Å². The maximum absolute atomic E-state index is 11.1. The molecular weight excluding hydrogens is 322 g/mol. The molecule has 0 saturated carbocycles. The normalized spacial score (nSPS) is 17.8. The number of piperidine rings is 1. The molecule has 0 spiro atoms. The molecule has 0 amide bonds. The molecule has 1 aromatic heterocycles. The van der Waals surface area contributed by atoms with Crippen LogP contribution in [0.5, 0.6) is 0 Å². The van der Waals surface area contributed by atoms with Crippen molar-refractivity contribution < 1.29 is 15.0 Å². The molecule has 1 saturated heterocycles. The predicted molar refractivity (Wildman–Crippen MR) is 95.4 cm³/mol. The fourth-order valence-electron chi connectivity index (χ4n) is 3.37. The molecule has 5 heteroatoms. The van der Waals surface area contributed by atoms with Gasteiger partial charge in [0.05, 0.1) is 6.10 Å². The lowest BCUT2D eigenvalue weighted by Gasteiger charge is -2.34. The minimum atomic E-state index is -0.848. The van der Waals surface area contributed by atoms with Gasteiger partial charge in [-0.1, -0.05) is 30.3 Å². The zero-order chi connectivity index (χ0) is 17.1. The molecule has 4 nitrogen and oxygen atoms in total. The Morgan fingerprint density at radius 2 is 1.96 bits per heavy atom. The van der Waals surface area contributed by atoms with Gasteiger partial charge in [0.2, 0.25) is 0 Å². The third-order valence-corrected chi connectivity index (χ3v) is 5.93. The van der Waals surface area contributed by atoms with Gasteiger partial charge in [-0.2, -0.15) is 0 Å². The highest BCUT2D eigenvalue weighted by atomic mass is 32.1. The van der Waals surface area contributed by atoms with Gasteiger partial charge in [-0.25, -0.2) is 4.79 Å². The summed E-state index contributed by atoms with van der Waals surface area (Å²) in [5.74, 6) is -0.555. The van der Waals surface area contributed by atoms with E-state index in [2.05, 4.69) is 4.90 Å². The van der Waals surface area contributed by atoms with Gasteiger partial charge in [0, 0.05) is 11.4 Å². The SMILES string of the molecule is Cc1sc(C(=O)O)cc1CN1CCC(C(O)c2ccccc2)CC1. The van der Waals surface area contributed by atoms with Crippen molar-refractivity contribution in [3.8, 4) is 0 Å². The number of carboxylic acids is 1. The van der Waals surface area contributed by atoms with Crippen LogP contribution in [0.25, 0.3) is 0 Å². The first-order chi connectivity index (χ1) is 11.5. The van der Waals surface area contributed by atoms with Gasteiger partial charge >= 0.3 is 5.97 Å². The van der Waals surface area contributed by atoms with Crippen LogP contribution >= 0.6 is 11.3 Å². The highest BCUT2D eigenvalue weighted by Crippen LogP contribution is 2.32. The topological polar surface area (TPSA) is 60.8 Å². The van der Waals surface area contributed by atoms with E-state index in [9.17, 15) is 9.90 Å². The zero-order valence-corrected chi connectivity index (χ0v) is 14.6. The van der Waals surface area contributed by atoms with Crippen molar-refractivity contribution in [1.82, 2.24) is 4.90 Å². The molecule has 1 atom stereocenters. The zero-order valence-electron chi connectivity index (χ0n) is 13.8. The van der Waals surface area contributed by atoms with Gasteiger partial charge in [0.1, 0.15) is 4.88 Å². The van der Waals surface area contributed by atoms with Crippen LogP contribution in [0.1, 0.15) is 44.6 Å². The lowest BCUT2D eigenvalue weighted by Crippen LogP contribution is -2.35. The first-order valence-electron chi connectivity index (χ1n) is 8.32. The molecule has 2 aromatic rings. The molecule has 2 heterocycles. The second-order valence-corrected chi connectivity index (χ2v) is 7.72. The van der Waals surface area contributed by atoms with Gasteiger partial charge in [-0.3, -0.25) is 4.90 Å². The van der Waals surface area contributed by atoms with E-state index in [1.807, 2.05) is 37.3 Å². The molecule has 1 fully saturated rings. The monoisotopic (exact) mass is 345 g/mol. The van der Waals surface area contributed by atoms with E-state index in [4.69, 9.17) is 5.11 Å². The Kier molecular flexibility index (Phi) is 5.33. The predicted octanol–water partition coefficient (Wildman–Crippen LogP) is 3.70. The van der Waals surface area contributed by atoms with Crippen LogP contribution in [0.4, 0.5) is 0 Å². The summed E-state index contributed by atoms with van der Waals surface area (Å²) >= 11 is 1.35. The van der Waals surface area contributed by atoms with E-state index >= 15 is 0 Å². The van der Waals surface area contributed by atoms with E-state index in [-0.39, 0.29) is 0 Å². The number of thiophene rings is 1. The van der Waals surface area contributed by atoms with E-state index in [1.54, 1.807) is 6.07 Å². The molecular formula is C19H23NO3S. The summed E-state index contributed by atoms with van der Waals surface area (Å²) in [6.07, 6.45) is 1.53. The Bertz CT molecular complexity index is 690. The van der Waals surface area contributed by atoms with E-state index in [1.165, 1.54) is 11.3 Å². The van der Waals surface area contributed by atoms with E-state index in [0.717, 1.165) is 48.5 Å². The number of carbonyl (C=O) groups is 1. The lowest BCUT2D eigenvalue weighted by molar-refractivity contribution is 0.0567. The lowest BCUT2D eigenvalue weighted by atomic mass is 9.87. The number of hydrogen-bond donors (Lipinski definition) is 2. The maximum Gasteiger partial charge on any atom is 0.345 e. The standard InChI is InChI=1S/C19H23NO3S/c1-13-16(11-17(24-13)19(22)23)12-20-9-7-15(8-10-20)18(21)14-5-3-2-4-6-14/h2-6,11,15,18,21H,7-10,12H2,1H3,(H,22,23).